The smallest absolute Gasteiger partial charge is 0.221 e. The number of carbonyl (C=O) groups excluding carboxylic acids is 1. The standard InChI is InChI=1S/C19H29N3O5S/c1-15(23)20-16-2-4-19(5-3-16)27-13-18(24)12-21-7-9-22(10-8-21)17-6-11-28(25,26)14-17/h2-5,17-18,24H,6-14H2,1H3,(H,20,23)/t17-,18-/m1/s1. The van der Waals surface area contributed by atoms with Crippen LogP contribution in [0.1, 0.15) is 13.3 Å². The molecule has 3 rings (SSSR count). The van der Waals surface area contributed by atoms with Crippen LogP contribution in [0, 0.1) is 0 Å². The van der Waals surface area contributed by atoms with Crippen LogP contribution in [0.5, 0.6) is 5.75 Å². The van der Waals surface area contributed by atoms with Gasteiger partial charge < -0.3 is 15.2 Å². The van der Waals surface area contributed by atoms with Crippen molar-refractivity contribution in [3.8, 4) is 5.75 Å². The van der Waals surface area contributed by atoms with E-state index >= 15 is 0 Å². The van der Waals surface area contributed by atoms with Gasteiger partial charge in [0.1, 0.15) is 18.5 Å². The molecule has 0 aliphatic carbocycles. The lowest BCUT2D eigenvalue weighted by atomic mass is 10.2. The third-order valence-corrected chi connectivity index (χ3v) is 6.97. The highest BCUT2D eigenvalue weighted by molar-refractivity contribution is 7.91. The van der Waals surface area contributed by atoms with Gasteiger partial charge in [0.15, 0.2) is 9.84 Å². The van der Waals surface area contributed by atoms with E-state index in [-0.39, 0.29) is 24.3 Å². The van der Waals surface area contributed by atoms with Crippen LogP contribution in [-0.2, 0) is 14.6 Å². The van der Waals surface area contributed by atoms with Gasteiger partial charge in [-0.05, 0) is 30.7 Å². The van der Waals surface area contributed by atoms with Gasteiger partial charge in [-0.25, -0.2) is 8.42 Å². The quantitative estimate of drug-likeness (QED) is 0.661. The minimum atomic E-state index is -2.85. The van der Waals surface area contributed by atoms with E-state index in [4.69, 9.17) is 4.74 Å². The fourth-order valence-corrected chi connectivity index (χ4v) is 5.52. The monoisotopic (exact) mass is 411 g/mol. The van der Waals surface area contributed by atoms with Crippen molar-refractivity contribution < 1.29 is 23.1 Å². The van der Waals surface area contributed by atoms with Gasteiger partial charge in [0, 0.05) is 51.4 Å². The van der Waals surface area contributed by atoms with Crippen LogP contribution in [0.4, 0.5) is 5.69 Å². The fraction of sp³-hybridized carbons (Fsp3) is 0.632. The molecule has 156 valence electrons. The van der Waals surface area contributed by atoms with E-state index in [1.54, 1.807) is 24.3 Å². The van der Waals surface area contributed by atoms with Gasteiger partial charge in [0.25, 0.3) is 0 Å². The van der Waals surface area contributed by atoms with Crippen LogP contribution >= 0.6 is 0 Å². The Morgan fingerprint density at radius 3 is 2.50 bits per heavy atom. The first-order valence-electron chi connectivity index (χ1n) is 9.66. The van der Waals surface area contributed by atoms with E-state index in [9.17, 15) is 18.3 Å². The molecule has 0 bridgehead atoms. The van der Waals surface area contributed by atoms with Gasteiger partial charge in [0.2, 0.25) is 5.91 Å². The van der Waals surface area contributed by atoms with E-state index in [1.165, 1.54) is 6.92 Å². The van der Waals surface area contributed by atoms with Gasteiger partial charge in [-0.1, -0.05) is 0 Å². The Bertz CT molecular complexity index is 760. The van der Waals surface area contributed by atoms with Gasteiger partial charge >= 0.3 is 0 Å². The normalized spacial score (nSPS) is 24.0. The molecular weight excluding hydrogens is 382 g/mol. The largest absolute Gasteiger partial charge is 0.491 e. The van der Waals surface area contributed by atoms with Gasteiger partial charge in [0.05, 0.1) is 11.5 Å². The first-order chi connectivity index (χ1) is 13.3. The Balaban J connectivity index is 1.36. The van der Waals surface area contributed by atoms with Crippen LogP contribution in [0.3, 0.4) is 0 Å². The second-order valence-corrected chi connectivity index (χ2v) is 9.79. The Morgan fingerprint density at radius 2 is 1.93 bits per heavy atom. The summed E-state index contributed by atoms with van der Waals surface area (Å²) in [7, 11) is -2.85. The molecule has 0 aromatic heterocycles. The zero-order valence-corrected chi connectivity index (χ0v) is 17.0. The summed E-state index contributed by atoms with van der Waals surface area (Å²) in [5.41, 5.74) is 0.702. The molecule has 2 N–H and O–H groups in total. The first kappa shape index (κ1) is 21.0. The zero-order chi connectivity index (χ0) is 20.1. The van der Waals surface area contributed by atoms with Crippen molar-refractivity contribution in [1.29, 1.82) is 0 Å². The molecule has 2 aliphatic rings. The molecule has 1 aromatic rings. The van der Waals surface area contributed by atoms with Crippen LogP contribution in [0.15, 0.2) is 24.3 Å². The van der Waals surface area contributed by atoms with Crippen LogP contribution in [0.2, 0.25) is 0 Å². The van der Waals surface area contributed by atoms with E-state index in [1.807, 2.05) is 0 Å². The molecule has 0 spiro atoms. The highest BCUT2D eigenvalue weighted by atomic mass is 32.2. The Morgan fingerprint density at radius 1 is 1.25 bits per heavy atom. The molecule has 2 saturated heterocycles. The molecule has 0 radical (unpaired) electrons. The third-order valence-electron chi connectivity index (χ3n) is 5.22. The summed E-state index contributed by atoms with van der Waals surface area (Å²) in [5, 5.41) is 13.0. The summed E-state index contributed by atoms with van der Waals surface area (Å²) >= 11 is 0. The minimum Gasteiger partial charge on any atom is -0.491 e. The number of ether oxygens (including phenoxy) is 1. The number of β-amino-alcohol motifs (C(OH)–C–C–N with tert-alkyl or cyclic N) is 1. The number of nitrogens with one attached hydrogen (secondary N) is 1. The van der Waals surface area contributed by atoms with Gasteiger partial charge in [-0.3, -0.25) is 14.6 Å². The minimum absolute atomic E-state index is 0.126. The maximum Gasteiger partial charge on any atom is 0.221 e. The predicted molar refractivity (Wildman–Crippen MR) is 107 cm³/mol. The summed E-state index contributed by atoms with van der Waals surface area (Å²) in [6.45, 7) is 5.48. The molecule has 9 heteroatoms. The Kier molecular flexibility index (Phi) is 6.92. The summed E-state index contributed by atoms with van der Waals surface area (Å²) in [6, 6.07) is 7.18. The van der Waals surface area contributed by atoms with Crippen molar-refractivity contribution in [1.82, 2.24) is 9.80 Å². The number of aliphatic hydroxyl groups excluding tert-OH is 1. The van der Waals surface area contributed by atoms with Crippen molar-refractivity contribution >= 4 is 21.4 Å². The van der Waals surface area contributed by atoms with Crippen molar-refractivity contribution in [3.63, 3.8) is 0 Å². The fourth-order valence-electron chi connectivity index (χ4n) is 3.76. The molecule has 1 aromatic carbocycles. The number of amides is 1. The molecule has 28 heavy (non-hydrogen) atoms. The number of hydrogen-bond acceptors (Lipinski definition) is 7. The molecule has 2 fully saturated rings. The number of nitrogens with zero attached hydrogens (tertiary/aromatic N) is 2. The summed E-state index contributed by atoms with van der Waals surface area (Å²) in [4.78, 5) is 15.5. The van der Waals surface area contributed by atoms with E-state index < -0.39 is 15.9 Å². The van der Waals surface area contributed by atoms with Crippen LogP contribution in [-0.4, -0.2) is 92.2 Å². The molecule has 0 saturated carbocycles. The number of carbonyl (C=O) groups is 1. The lowest BCUT2D eigenvalue weighted by Gasteiger charge is -2.38. The Hall–Kier alpha value is -1.68. The number of aliphatic hydroxyl groups is 1. The first-order valence-corrected chi connectivity index (χ1v) is 11.5. The van der Waals surface area contributed by atoms with E-state index in [2.05, 4.69) is 15.1 Å². The maximum atomic E-state index is 11.6. The summed E-state index contributed by atoms with van der Waals surface area (Å²) in [5.74, 6) is 1.10. The summed E-state index contributed by atoms with van der Waals surface area (Å²) < 4.78 is 28.9. The number of anilines is 1. The summed E-state index contributed by atoms with van der Waals surface area (Å²) in [6.07, 6.45) is 0.132. The lowest BCUT2D eigenvalue weighted by molar-refractivity contribution is -0.114. The molecular formula is C19H29N3O5S. The van der Waals surface area contributed by atoms with Crippen molar-refractivity contribution in [3.05, 3.63) is 24.3 Å². The average molecular weight is 412 g/mol. The number of benzene rings is 1. The maximum absolute atomic E-state index is 11.6. The van der Waals surface area contributed by atoms with E-state index in [0.29, 0.717) is 23.7 Å². The second-order valence-electron chi connectivity index (χ2n) is 7.56. The molecule has 2 aliphatic heterocycles. The highest BCUT2D eigenvalue weighted by Crippen LogP contribution is 2.19. The topological polar surface area (TPSA) is 99.2 Å². The number of piperazine rings is 1. The average Bonchev–Trinajstić information content (AvgIpc) is 3.01. The second kappa shape index (κ2) is 9.21. The van der Waals surface area contributed by atoms with Crippen LogP contribution in [0.25, 0.3) is 0 Å². The Labute approximate surface area is 166 Å². The predicted octanol–water partition coefficient (Wildman–Crippen LogP) is 0.189. The SMILES string of the molecule is CC(=O)Nc1ccc(OC[C@H](O)CN2CCN([C@@H]3CCS(=O)(=O)C3)CC2)cc1. The zero-order valence-electron chi connectivity index (χ0n) is 16.2. The van der Waals surface area contributed by atoms with Crippen LogP contribution < -0.4 is 10.1 Å². The van der Waals surface area contributed by atoms with Crippen molar-refractivity contribution in [2.45, 2.75) is 25.5 Å². The number of rotatable bonds is 7. The van der Waals surface area contributed by atoms with Crippen molar-refractivity contribution in [2.75, 3.05) is 56.2 Å². The third kappa shape index (κ3) is 6.16. The number of hydrogen-bond donors (Lipinski definition) is 2. The molecule has 1 amide bonds. The highest BCUT2D eigenvalue weighted by Gasteiger charge is 2.33. The van der Waals surface area contributed by atoms with Crippen molar-refractivity contribution in [2.24, 2.45) is 0 Å². The number of sulfone groups is 1. The van der Waals surface area contributed by atoms with Gasteiger partial charge in [-0.2, -0.15) is 0 Å². The lowest BCUT2D eigenvalue weighted by Crippen LogP contribution is -2.52. The molecule has 8 nitrogen and oxygen atoms in total. The van der Waals surface area contributed by atoms with E-state index in [0.717, 1.165) is 32.6 Å². The molecule has 0 unspecified atom stereocenters. The van der Waals surface area contributed by atoms with Gasteiger partial charge in [-0.15, -0.1) is 0 Å². The molecule has 2 heterocycles. The molecule has 2 atom stereocenters.